The molecule has 0 aromatic carbocycles. The van der Waals surface area contributed by atoms with Crippen LogP contribution >= 0.6 is 11.3 Å². The highest BCUT2D eigenvalue weighted by Crippen LogP contribution is 2.18. The van der Waals surface area contributed by atoms with Crippen LogP contribution in [0.5, 0.6) is 0 Å². The number of hydrogen-bond acceptors (Lipinski definition) is 5. The number of hydrogen-bond donors (Lipinski definition) is 2. The number of nitrogens with two attached hydrogens (primary N) is 1. The fraction of sp³-hybridized carbons (Fsp3) is 0.200. The molecule has 2 aromatic heterocycles. The second-order valence-corrected chi connectivity index (χ2v) is 4.12. The molecule has 0 fully saturated rings. The zero-order valence-electron chi connectivity index (χ0n) is 8.40. The van der Waals surface area contributed by atoms with E-state index in [9.17, 15) is 0 Å². The van der Waals surface area contributed by atoms with Crippen molar-refractivity contribution < 1.29 is 0 Å². The molecule has 2 heterocycles. The van der Waals surface area contributed by atoms with Crippen molar-refractivity contribution in [2.24, 2.45) is 0 Å². The molecule has 2 aromatic rings. The van der Waals surface area contributed by atoms with Crippen LogP contribution < -0.4 is 11.1 Å². The Balaban J connectivity index is 2.06. The standard InChI is InChI=1S/C10H12N4S/c1-7-10(15-6-14-7)5-13-9-2-3-12-4-8(9)11/h2-4,6H,5,11H2,1H3,(H,12,13). The fourth-order valence-corrected chi connectivity index (χ4v) is 1.96. The van der Waals surface area contributed by atoms with Crippen LogP contribution in [0.1, 0.15) is 10.6 Å². The first-order valence-corrected chi connectivity index (χ1v) is 5.47. The van der Waals surface area contributed by atoms with Crippen molar-refractivity contribution in [2.45, 2.75) is 13.5 Å². The van der Waals surface area contributed by atoms with E-state index in [4.69, 9.17) is 5.73 Å². The maximum atomic E-state index is 5.76. The van der Waals surface area contributed by atoms with Gasteiger partial charge in [0.15, 0.2) is 0 Å². The Hall–Kier alpha value is -1.62. The number of nitrogens with one attached hydrogen (secondary N) is 1. The first-order valence-electron chi connectivity index (χ1n) is 4.59. The SMILES string of the molecule is Cc1ncsc1CNc1ccncc1N. The second kappa shape index (κ2) is 4.27. The molecule has 0 amide bonds. The van der Waals surface area contributed by atoms with Crippen molar-refractivity contribution >= 4 is 22.7 Å². The van der Waals surface area contributed by atoms with E-state index in [2.05, 4.69) is 15.3 Å². The summed E-state index contributed by atoms with van der Waals surface area (Å²) < 4.78 is 0. The maximum Gasteiger partial charge on any atom is 0.0798 e. The topological polar surface area (TPSA) is 63.8 Å². The van der Waals surface area contributed by atoms with Gasteiger partial charge in [-0.1, -0.05) is 0 Å². The first-order chi connectivity index (χ1) is 7.27. The van der Waals surface area contributed by atoms with Gasteiger partial charge < -0.3 is 11.1 Å². The summed E-state index contributed by atoms with van der Waals surface area (Å²) in [5.74, 6) is 0. The summed E-state index contributed by atoms with van der Waals surface area (Å²) in [5.41, 5.74) is 10.3. The van der Waals surface area contributed by atoms with Gasteiger partial charge in [0.05, 0.1) is 35.3 Å². The summed E-state index contributed by atoms with van der Waals surface area (Å²) >= 11 is 1.64. The highest BCUT2D eigenvalue weighted by atomic mass is 32.1. The van der Waals surface area contributed by atoms with E-state index < -0.39 is 0 Å². The van der Waals surface area contributed by atoms with Gasteiger partial charge in [-0.3, -0.25) is 4.98 Å². The van der Waals surface area contributed by atoms with E-state index in [0.717, 1.165) is 17.9 Å². The largest absolute Gasteiger partial charge is 0.396 e. The number of rotatable bonds is 3. The number of nitrogens with zero attached hydrogens (tertiary/aromatic N) is 2. The molecule has 0 bridgehead atoms. The Morgan fingerprint density at radius 3 is 3.07 bits per heavy atom. The van der Waals surface area contributed by atoms with Crippen LogP contribution in [0, 0.1) is 6.92 Å². The molecule has 4 nitrogen and oxygen atoms in total. The third-order valence-electron chi connectivity index (χ3n) is 2.14. The lowest BCUT2D eigenvalue weighted by Crippen LogP contribution is -2.02. The minimum Gasteiger partial charge on any atom is -0.396 e. The van der Waals surface area contributed by atoms with Gasteiger partial charge >= 0.3 is 0 Å². The van der Waals surface area contributed by atoms with Crippen LogP contribution in [-0.4, -0.2) is 9.97 Å². The molecule has 15 heavy (non-hydrogen) atoms. The molecular weight excluding hydrogens is 208 g/mol. The number of nitrogen functional groups attached to an aromatic ring is 1. The van der Waals surface area contributed by atoms with Crippen LogP contribution in [0.15, 0.2) is 24.0 Å². The number of thiazole rings is 1. The van der Waals surface area contributed by atoms with Gasteiger partial charge in [0.2, 0.25) is 0 Å². The smallest absolute Gasteiger partial charge is 0.0798 e. The summed E-state index contributed by atoms with van der Waals surface area (Å²) in [4.78, 5) is 9.35. The van der Waals surface area contributed by atoms with E-state index in [0.29, 0.717) is 5.69 Å². The molecule has 0 spiro atoms. The summed E-state index contributed by atoms with van der Waals surface area (Å²) in [6.07, 6.45) is 3.36. The van der Waals surface area contributed by atoms with Crippen LogP contribution in [0.2, 0.25) is 0 Å². The summed E-state index contributed by atoms with van der Waals surface area (Å²) in [6.45, 7) is 2.76. The Bertz CT molecular complexity index is 452. The predicted octanol–water partition coefficient (Wildman–Crippen LogP) is 2.04. The van der Waals surface area contributed by atoms with Crippen molar-refractivity contribution in [3.8, 4) is 0 Å². The van der Waals surface area contributed by atoms with E-state index in [-0.39, 0.29) is 0 Å². The Morgan fingerprint density at radius 2 is 2.40 bits per heavy atom. The number of aryl methyl sites for hydroxylation is 1. The zero-order valence-corrected chi connectivity index (χ0v) is 9.21. The Morgan fingerprint density at radius 1 is 1.53 bits per heavy atom. The van der Waals surface area contributed by atoms with Gasteiger partial charge in [-0.05, 0) is 13.0 Å². The van der Waals surface area contributed by atoms with E-state index in [1.54, 1.807) is 23.7 Å². The van der Waals surface area contributed by atoms with E-state index in [1.807, 2.05) is 18.5 Å². The van der Waals surface area contributed by atoms with Crippen molar-refractivity contribution in [3.05, 3.63) is 34.5 Å². The number of anilines is 2. The lowest BCUT2D eigenvalue weighted by Gasteiger charge is -2.07. The zero-order chi connectivity index (χ0) is 10.7. The lowest BCUT2D eigenvalue weighted by molar-refractivity contribution is 1.12. The molecule has 5 heteroatoms. The fourth-order valence-electron chi connectivity index (χ4n) is 1.24. The predicted molar refractivity (Wildman–Crippen MR) is 62.8 cm³/mol. The molecule has 0 atom stereocenters. The van der Waals surface area contributed by atoms with Crippen molar-refractivity contribution in [3.63, 3.8) is 0 Å². The molecule has 0 saturated carbocycles. The molecule has 0 unspecified atom stereocenters. The van der Waals surface area contributed by atoms with E-state index in [1.165, 1.54) is 4.88 Å². The van der Waals surface area contributed by atoms with Gasteiger partial charge in [0.25, 0.3) is 0 Å². The summed E-state index contributed by atoms with van der Waals surface area (Å²) in [7, 11) is 0. The second-order valence-electron chi connectivity index (χ2n) is 3.18. The minimum atomic E-state index is 0.666. The number of pyridine rings is 1. The van der Waals surface area contributed by atoms with E-state index >= 15 is 0 Å². The molecule has 0 aliphatic carbocycles. The molecular formula is C10H12N4S. The number of aromatic nitrogens is 2. The third kappa shape index (κ3) is 2.24. The van der Waals surface area contributed by atoms with Crippen molar-refractivity contribution in [1.29, 1.82) is 0 Å². The highest BCUT2D eigenvalue weighted by molar-refractivity contribution is 7.09. The van der Waals surface area contributed by atoms with Gasteiger partial charge in [0, 0.05) is 11.1 Å². The van der Waals surface area contributed by atoms with Gasteiger partial charge in [-0.25, -0.2) is 4.98 Å². The van der Waals surface area contributed by atoms with Crippen molar-refractivity contribution in [1.82, 2.24) is 9.97 Å². The molecule has 0 saturated heterocycles. The van der Waals surface area contributed by atoms with Gasteiger partial charge in [-0.15, -0.1) is 11.3 Å². The molecule has 0 aliphatic rings. The first kappa shape index (κ1) is 9.92. The normalized spacial score (nSPS) is 10.2. The Labute approximate surface area is 92.2 Å². The third-order valence-corrected chi connectivity index (χ3v) is 3.07. The average molecular weight is 220 g/mol. The Kier molecular flexibility index (Phi) is 2.82. The molecule has 0 aliphatic heterocycles. The molecule has 0 radical (unpaired) electrons. The quantitative estimate of drug-likeness (QED) is 0.830. The summed E-state index contributed by atoms with van der Waals surface area (Å²) in [6, 6.07) is 1.87. The average Bonchev–Trinajstić information content (AvgIpc) is 2.63. The van der Waals surface area contributed by atoms with Crippen LogP contribution in [0.4, 0.5) is 11.4 Å². The monoisotopic (exact) mass is 220 g/mol. The summed E-state index contributed by atoms with van der Waals surface area (Å²) in [5, 5.41) is 3.26. The molecule has 2 rings (SSSR count). The van der Waals surface area contributed by atoms with Gasteiger partial charge in [0.1, 0.15) is 0 Å². The molecule has 78 valence electrons. The van der Waals surface area contributed by atoms with Crippen LogP contribution in [-0.2, 0) is 6.54 Å². The van der Waals surface area contributed by atoms with Crippen molar-refractivity contribution in [2.75, 3.05) is 11.1 Å². The lowest BCUT2D eigenvalue weighted by atomic mass is 10.3. The van der Waals surface area contributed by atoms with Gasteiger partial charge in [-0.2, -0.15) is 0 Å². The highest BCUT2D eigenvalue weighted by Gasteiger charge is 2.02. The molecule has 3 N–H and O–H groups in total. The van der Waals surface area contributed by atoms with Crippen LogP contribution in [0.25, 0.3) is 0 Å². The van der Waals surface area contributed by atoms with Crippen LogP contribution in [0.3, 0.4) is 0 Å². The minimum absolute atomic E-state index is 0.666. The maximum absolute atomic E-state index is 5.76.